The number of nitrogens with zero attached hydrogens (tertiary/aromatic N) is 3. The van der Waals surface area contributed by atoms with E-state index in [1.807, 2.05) is 34.9 Å². The van der Waals surface area contributed by atoms with Crippen LogP contribution in [0.25, 0.3) is 11.4 Å². The maximum atomic E-state index is 12.1. The number of allylic oxidation sites excluding steroid dienone is 1. The average Bonchev–Trinajstić information content (AvgIpc) is 3.00. The molecule has 126 valence electrons. The summed E-state index contributed by atoms with van der Waals surface area (Å²) in [6, 6.07) is 7.73. The van der Waals surface area contributed by atoms with Crippen molar-refractivity contribution in [2.24, 2.45) is 0 Å². The average molecular weight is 343 g/mol. The first-order valence-corrected chi connectivity index (χ1v) is 8.99. The summed E-state index contributed by atoms with van der Waals surface area (Å²) >= 11 is 1.52. The molecule has 0 spiro atoms. The number of methoxy groups -OCH3 is 1. The third-order valence-corrected chi connectivity index (χ3v) is 5.42. The van der Waals surface area contributed by atoms with Gasteiger partial charge in [-0.15, -0.1) is 16.8 Å². The Kier molecular flexibility index (Phi) is 5.35. The molecule has 0 N–H and O–H groups in total. The molecule has 1 atom stereocenters. The summed E-state index contributed by atoms with van der Waals surface area (Å²) < 4.78 is 7.44. The lowest BCUT2D eigenvalue weighted by molar-refractivity contribution is -0.119. The summed E-state index contributed by atoms with van der Waals surface area (Å²) in [7, 11) is 1.64. The highest BCUT2D eigenvalue weighted by Gasteiger charge is 2.26. The van der Waals surface area contributed by atoms with Gasteiger partial charge in [0.05, 0.1) is 17.9 Å². The fourth-order valence-electron chi connectivity index (χ4n) is 2.90. The number of carbonyl (C=O) groups is 1. The number of hydrogen-bond donors (Lipinski definition) is 0. The Morgan fingerprint density at radius 1 is 1.38 bits per heavy atom. The third-order valence-electron chi connectivity index (χ3n) is 4.12. The van der Waals surface area contributed by atoms with Crippen LogP contribution in [0.1, 0.15) is 25.7 Å². The second-order valence-corrected chi connectivity index (χ2v) is 6.89. The van der Waals surface area contributed by atoms with Crippen molar-refractivity contribution in [3.05, 3.63) is 36.9 Å². The van der Waals surface area contributed by atoms with E-state index in [0.29, 0.717) is 18.7 Å². The highest BCUT2D eigenvalue weighted by molar-refractivity contribution is 8.00. The first kappa shape index (κ1) is 16.8. The van der Waals surface area contributed by atoms with Gasteiger partial charge in [-0.2, -0.15) is 0 Å². The summed E-state index contributed by atoms with van der Waals surface area (Å²) in [5.41, 5.74) is 0.885. The number of aromatic nitrogens is 3. The minimum Gasteiger partial charge on any atom is -0.496 e. The quantitative estimate of drug-likeness (QED) is 0.748. The van der Waals surface area contributed by atoms with E-state index in [0.717, 1.165) is 41.6 Å². The maximum absolute atomic E-state index is 12.1. The van der Waals surface area contributed by atoms with Gasteiger partial charge in [-0.3, -0.25) is 9.36 Å². The first-order chi connectivity index (χ1) is 11.7. The molecule has 24 heavy (non-hydrogen) atoms. The van der Waals surface area contributed by atoms with E-state index in [1.165, 1.54) is 11.8 Å². The molecule has 0 radical (unpaired) electrons. The predicted molar refractivity (Wildman–Crippen MR) is 95.3 cm³/mol. The number of Topliss-reactive ketones (excluding diaryl/α,β-unsaturated/α-hetero) is 1. The molecule has 1 aliphatic rings. The van der Waals surface area contributed by atoms with Crippen molar-refractivity contribution < 1.29 is 9.53 Å². The lowest BCUT2D eigenvalue weighted by atomic mass is 9.99. The highest BCUT2D eigenvalue weighted by Crippen LogP contribution is 2.34. The van der Waals surface area contributed by atoms with Gasteiger partial charge in [0.1, 0.15) is 11.5 Å². The van der Waals surface area contributed by atoms with E-state index in [4.69, 9.17) is 4.74 Å². The molecular weight excluding hydrogens is 322 g/mol. The fourth-order valence-corrected chi connectivity index (χ4v) is 4.07. The van der Waals surface area contributed by atoms with E-state index in [2.05, 4.69) is 16.8 Å². The van der Waals surface area contributed by atoms with Crippen LogP contribution in [0.2, 0.25) is 0 Å². The zero-order valence-corrected chi connectivity index (χ0v) is 14.6. The van der Waals surface area contributed by atoms with Gasteiger partial charge < -0.3 is 4.74 Å². The standard InChI is InChI=1S/C18H21N3O2S/c1-3-12-21-17(13-8-4-6-10-15(13)23-2)19-20-18(21)24-16-11-7-5-9-14(16)22/h3-4,6,8,10,16H,1,5,7,9,11-12H2,2H3/t16-/m0/s1. The Bertz CT molecular complexity index is 742. The molecule has 6 heteroatoms. The molecular formula is C18H21N3O2S. The smallest absolute Gasteiger partial charge is 0.192 e. The molecule has 3 rings (SSSR count). The van der Waals surface area contributed by atoms with E-state index in [-0.39, 0.29) is 5.25 Å². The molecule has 1 fully saturated rings. The van der Waals surface area contributed by atoms with Crippen LogP contribution in [-0.2, 0) is 11.3 Å². The van der Waals surface area contributed by atoms with Crippen LogP contribution < -0.4 is 4.74 Å². The van der Waals surface area contributed by atoms with Crippen LogP contribution in [0.4, 0.5) is 0 Å². The Morgan fingerprint density at radius 3 is 2.96 bits per heavy atom. The van der Waals surface area contributed by atoms with E-state index < -0.39 is 0 Å². The van der Waals surface area contributed by atoms with Crippen LogP contribution in [0.3, 0.4) is 0 Å². The molecule has 0 unspecified atom stereocenters. The second kappa shape index (κ2) is 7.66. The van der Waals surface area contributed by atoms with Gasteiger partial charge in [-0.05, 0) is 25.0 Å². The van der Waals surface area contributed by atoms with E-state index in [1.54, 1.807) is 7.11 Å². The lowest BCUT2D eigenvalue weighted by Gasteiger charge is -2.19. The van der Waals surface area contributed by atoms with Gasteiger partial charge in [0.25, 0.3) is 0 Å². The summed E-state index contributed by atoms with van der Waals surface area (Å²) in [4.78, 5) is 12.1. The minimum atomic E-state index is -0.0166. The lowest BCUT2D eigenvalue weighted by Crippen LogP contribution is -2.21. The predicted octanol–water partition coefficient (Wildman–Crippen LogP) is 3.74. The highest BCUT2D eigenvalue weighted by atomic mass is 32.2. The Balaban J connectivity index is 1.95. The molecule has 1 heterocycles. The molecule has 0 amide bonds. The van der Waals surface area contributed by atoms with Gasteiger partial charge >= 0.3 is 0 Å². The van der Waals surface area contributed by atoms with Crippen molar-refractivity contribution in [2.75, 3.05) is 7.11 Å². The first-order valence-electron chi connectivity index (χ1n) is 8.11. The molecule has 1 saturated carbocycles. The Morgan fingerprint density at radius 2 is 2.21 bits per heavy atom. The van der Waals surface area contributed by atoms with E-state index in [9.17, 15) is 4.79 Å². The van der Waals surface area contributed by atoms with Crippen LogP contribution >= 0.6 is 11.8 Å². The van der Waals surface area contributed by atoms with Crippen molar-refractivity contribution in [3.63, 3.8) is 0 Å². The number of hydrogen-bond acceptors (Lipinski definition) is 5. The summed E-state index contributed by atoms with van der Waals surface area (Å²) in [6.07, 6.45) is 5.50. The number of thioether (sulfide) groups is 1. The van der Waals surface area contributed by atoms with Gasteiger partial charge in [-0.25, -0.2) is 0 Å². The van der Waals surface area contributed by atoms with Crippen molar-refractivity contribution in [2.45, 2.75) is 42.6 Å². The molecule has 1 aliphatic carbocycles. The number of carbonyl (C=O) groups excluding carboxylic acids is 1. The van der Waals surface area contributed by atoms with Gasteiger partial charge in [-0.1, -0.05) is 36.4 Å². The maximum Gasteiger partial charge on any atom is 0.192 e. The van der Waals surface area contributed by atoms with E-state index >= 15 is 0 Å². The molecule has 5 nitrogen and oxygen atoms in total. The third kappa shape index (κ3) is 3.38. The van der Waals surface area contributed by atoms with Gasteiger partial charge in [0, 0.05) is 13.0 Å². The zero-order valence-electron chi connectivity index (χ0n) is 13.8. The molecule has 2 aromatic rings. The number of benzene rings is 1. The molecule has 0 aliphatic heterocycles. The van der Waals surface area contributed by atoms with Crippen LogP contribution in [0.5, 0.6) is 5.75 Å². The Labute approximate surface area is 146 Å². The van der Waals surface area contributed by atoms with Crippen molar-refractivity contribution in [1.29, 1.82) is 0 Å². The summed E-state index contributed by atoms with van der Waals surface area (Å²) in [5, 5.41) is 9.44. The number of para-hydroxylation sites is 1. The van der Waals surface area contributed by atoms with Crippen LogP contribution in [-0.4, -0.2) is 32.9 Å². The number of ether oxygens (including phenoxy) is 1. The minimum absolute atomic E-state index is 0.0166. The van der Waals surface area contributed by atoms with Gasteiger partial charge in [0.15, 0.2) is 11.0 Å². The zero-order chi connectivity index (χ0) is 16.9. The molecule has 1 aromatic carbocycles. The topological polar surface area (TPSA) is 57.0 Å². The summed E-state index contributed by atoms with van der Waals surface area (Å²) in [5.74, 6) is 1.80. The molecule has 1 aromatic heterocycles. The fraction of sp³-hybridized carbons (Fsp3) is 0.389. The monoisotopic (exact) mass is 343 g/mol. The normalized spacial score (nSPS) is 17.7. The largest absolute Gasteiger partial charge is 0.496 e. The van der Waals surface area contributed by atoms with Crippen molar-refractivity contribution in [1.82, 2.24) is 14.8 Å². The van der Waals surface area contributed by atoms with Crippen molar-refractivity contribution >= 4 is 17.5 Å². The second-order valence-electron chi connectivity index (χ2n) is 5.72. The van der Waals surface area contributed by atoms with Crippen LogP contribution in [0.15, 0.2) is 42.1 Å². The number of ketones is 1. The SMILES string of the molecule is C=CCn1c(S[C@H]2CCCCC2=O)nnc1-c1ccccc1OC. The Hall–Kier alpha value is -2.08. The van der Waals surface area contributed by atoms with Crippen molar-refractivity contribution in [3.8, 4) is 17.1 Å². The molecule has 0 saturated heterocycles. The summed E-state index contributed by atoms with van der Waals surface area (Å²) in [6.45, 7) is 4.42. The molecule has 0 bridgehead atoms. The van der Waals surface area contributed by atoms with Crippen LogP contribution in [0, 0.1) is 0 Å². The van der Waals surface area contributed by atoms with Gasteiger partial charge in [0.2, 0.25) is 0 Å². The number of rotatable bonds is 6.